The highest BCUT2D eigenvalue weighted by Crippen LogP contribution is 2.25. The van der Waals surface area contributed by atoms with E-state index in [-0.39, 0.29) is 17.8 Å². The third-order valence-electron chi connectivity index (χ3n) is 5.89. The number of rotatable bonds is 7. The van der Waals surface area contributed by atoms with Crippen molar-refractivity contribution in [2.45, 2.75) is 58.8 Å². The van der Waals surface area contributed by atoms with Crippen LogP contribution in [-0.4, -0.2) is 26.7 Å². The molecular formula is C24H28FN5O. The molecule has 0 fully saturated rings. The summed E-state index contributed by atoms with van der Waals surface area (Å²) in [6, 6.07) is 9.33. The minimum Gasteiger partial charge on any atom is -0.347 e. The topological polar surface area (TPSA) is 71.8 Å². The average molecular weight is 422 g/mol. The van der Waals surface area contributed by atoms with E-state index in [1.807, 2.05) is 35.9 Å². The molecule has 0 radical (unpaired) electrons. The molecule has 3 aromatic rings. The summed E-state index contributed by atoms with van der Waals surface area (Å²) < 4.78 is 15.8. The number of carbonyl (C=O) groups is 1. The van der Waals surface area contributed by atoms with E-state index in [0.717, 1.165) is 48.2 Å². The summed E-state index contributed by atoms with van der Waals surface area (Å²) in [5, 5.41) is 11.1. The molecule has 0 saturated heterocycles. The molecule has 4 rings (SSSR count). The highest BCUT2D eigenvalue weighted by Gasteiger charge is 2.28. The summed E-state index contributed by atoms with van der Waals surface area (Å²) in [6.07, 6.45) is 6.00. The van der Waals surface area contributed by atoms with Gasteiger partial charge in [0.05, 0.1) is 0 Å². The number of amides is 1. The lowest BCUT2D eigenvalue weighted by Crippen LogP contribution is -2.35. The van der Waals surface area contributed by atoms with Crippen molar-refractivity contribution >= 4 is 5.91 Å². The summed E-state index contributed by atoms with van der Waals surface area (Å²) >= 11 is 0. The lowest BCUT2D eigenvalue weighted by molar-refractivity contribution is 0.0944. The standard InChI is InChI=1S/C24H28FN5O/c1-3-30-22-7-6-19(27-15-18-5-4-16(2)21(25)12-18)13-20(22)23(29-30)24(31)28-14-17-8-10-26-11-9-17/h4-5,8-12,19,27H,3,6-7,13-15H2,1-2H3,(H,28,31). The Hall–Kier alpha value is -3.06. The minimum absolute atomic E-state index is 0.151. The number of fused-ring (bicyclic) bond motifs is 1. The maximum Gasteiger partial charge on any atom is 0.272 e. The molecule has 162 valence electrons. The van der Waals surface area contributed by atoms with Crippen molar-refractivity contribution in [3.63, 3.8) is 0 Å². The van der Waals surface area contributed by atoms with Gasteiger partial charge >= 0.3 is 0 Å². The molecule has 0 bridgehead atoms. The van der Waals surface area contributed by atoms with Crippen molar-refractivity contribution in [3.8, 4) is 0 Å². The number of nitrogens with zero attached hydrogens (tertiary/aromatic N) is 3. The summed E-state index contributed by atoms with van der Waals surface area (Å²) in [7, 11) is 0. The van der Waals surface area contributed by atoms with Crippen LogP contribution in [0.1, 0.15) is 51.8 Å². The molecule has 1 aromatic carbocycles. The molecule has 7 heteroatoms. The fourth-order valence-corrected chi connectivity index (χ4v) is 4.08. The molecule has 31 heavy (non-hydrogen) atoms. The zero-order valence-electron chi connectivity index (χ0n) is 18.0. The molecule has 2 N–H and O–H groups in total. The maximum absolute atomic E-state index is 13.8. The van der Waals surface area contributed by atoms with Crippen LogP contribution in [0, 0.1) is 12.7 Å². The van der Waals surface area contributed by atoms with Crippen LogP contribution in [0.15, 0.2) is 42.7 Å². The van der Waals surface area contributed by atoms with E-state index >= 15 is 0 Å². The van der Waals surface area contributed by atoms with E-state index in [4.69, 9.17) is 0 Å². The molecular weight excluding hydrogens is 393 g/mol. The van der Waals surface area contributed by atoms with Crippen LogP contribution < -0.4 is 10.6 Å². The lowest BCUT2D eigenvalue weighted by Gasteiger charge is -2.24. The molecule has 1 amide bonds. The molecule has 1 aliphatic rings. The smallest absolute Gasteiger partial charge is 0.272 e. The van der Waals surface area contributed by atoms with E-state index in [1.54, 1.807) is 25.4 Å². The SMILES string of the molecule is CCn1nc(C(=O)NCc2ccncc2)c2c1CCC(NCc1ccc(C)c(F)c1)C2. The van der Waals surface area contributed by atoms with Crippen LogP contribution in [0.4, 0.5) is 4.39 Å². The lowest BCUT2D eigenvalue weighted by atomic mass is 9.91. The average Bonchev–Trinajstić information content (AvgIpc) is 3.17. The fraction of sp³-hybridized carbons (Fsp3) is 0.375. The Morgan fingerprint density at radius 1 is 1.19 bits per heavy atom. The number of aryl methyl sites for hydroxylation is 2. The number of nitrogens with one attached hydrogen (secondary N) is 2. The first-order chi connectivity index (χ1) is 15.0. The molecule has 1 atom stereocenters. The summed E-state index contributed by atoms with van der Waals surface area (Å²) in [5.74, 6) is -0.330. The van der Waals surface area contributed by atoms with Crippen molar-refractivity contribution in [2.24, 2.45) is 0 Å². The highest BCUT2D eigenvalue weighted by atomic mass is 19.1. The van der Waals surface area contributed by atoms with Crippen molar-refractivity contribution in [1.82, 2.24) is 25.4 Å². The van der Waals surface area contributed by atoms with E-state index in [9.17, 15) is 9.18 Å². The van der Waals surface area contributed by atoms with E-state index in [2.05, 4.69) is 20.7 Å². The maximum atomic E-state index is 13.8. The Morgan fingerprint density at radius 3 is 2.74 bits per heavy atom. The number of aromatic nitrogens is 3. The number of carbonyl (C=O) groups excluding carboxylic acids is 1. The van der Waals surface area contributed by atoms with Gasteiger partial charge in [-0.2, -0.15) is 5.10 Å². The Balaban J connectivity index is 1.45. The predicted molar refractivity (Wildman–Crippen MR) is 117 cm³/mol. The number of pyridine rings is 1. The molecule has 1 aliphatic carbocycles. The zero-order valence-corrected chi connectivity index (χ0v) is 18.0. The normalized spacial score (nSPS) is 15.5. The van der Waals surface area contributed by atoms with Gasteiger partial charge in [-0.15, -0.1) is 0 Å². The van der Waals surface area contributed by atoms with Gasteiger partial charge in [0.15, 0.2) is 5.69 Å². The van der Waals surface area contributed by atoms with Gasteiger partial charge in [0.2, 0.25) is 0 Å². The van der Waals surface area contributed by atoms with Gasteiger partial charge in [0.25, 0.3) is 5.91 Å². The number of hydrogen-bond donors (Lipinski definition) is 2. The van der Waals surface area contributed by atoms with Crippen molar-refractivity contribution < 1.29 is 9.18 Å². The Kier molecular flexibility index (Phi) is 6.42. The van der Waals surface area contributed by atoms with Crippen LogP contribution in [0.25, 0.3) is 0 Å². The van der Waals surface area contributed by atoms with Crippen LogP contribution >= 0.6 is 0 Å². The molecule has 6 nitrogen and oxygen atoms in total. The van der Waals surface area contributed by atoms with E-state index in [0.29, 0.717) is 24.3 Å². The molecule has 1 unspecified atom stereocenters. The Bertz CT molecular complexity index is 1060. The van der Waals surface area contributed by atoms with Crippen LogP contribution in [0.5, 0.6) is 0 Å². The van der Waals surface area contributed by atoms with Gasteiger partial charge in [-0.25, -0.2) is 4.39 Å². The van der Waals surface area contributed by atoms with Gasteiger partial charge in [-0.1, -0.05) is 12.1 Å². The second-order valence-electron chi connectivity index (χ2n) is 8.03. The third-order valence-corrected chi connectivity index (χ3v) is 5.89. The largest absolute Gasteiger partial charge is 0.347 e. The van der Waals surface area contributed by atoms with Gasteiger partial charge in [-0.3, -0.25) is 14.5 Å². The minimum atomic E-state index is -0.178. The summed E-state index contributed by atoms with van der Waals surface area (Å²) in [4.78, 5) is 16.9. The molecule has 2 aromatic heterocycles. The number of halogens is 1. The summed E-state index contributed by atoms with van der Waals surface area (Å²) in [6.45, 7) is 5.59. The fourth-order valence-electron chi connectivity index (χ4n) is 4.08. The predicted octanol–water partition coefficient (Wildman–Crippen LogP) is 3.32. The van der Waals surface area contributed by atoms with Gasteiger partial charge < -0.3 is 10.6 Å². The highest BCUT2D eigenvalue weighted by molar-refractivity contribution is 5.94. The Labute approximate surface area is 181 Å². The van der Waals surface area contributed by atoms with Crippen molar-refractivity contribution in [1.29, 1.82) is 0 Å². The molecule has 0 spiro atoms. The second-order valence-corrected chi connectivity index (χ2v) is 8.03. The third kappa shape index (κ3) is 4.82. The molecule has 2 heterocycles. The quantitative estimate of drug-likeness (QED) is 0.614. The van der Waals surface area contributed by atoms with E-state index < -0.39 is 0 Å². The first kappa shape index (κ1) is 21.2. The van der Waals surface area contributed by atoms with Crippen LogP contribution in [0.2, 0.25) is 0 Å². The number of hydrogen-bond acceptors (Lipinski definition) is 4. The van der Waals surface area contributed by atoms with Crippen LogP contribution in [-0.2, 0) is 32.5 Å². The second kappa shape index (κ2) is 9.39. The zero-order chi connectivity index (χ0) is 21.8. The Morgan fingerprint density at radius 2 is 2.00 bits per heavy atom. The van der Waals surface area contributed by atoms with Gasteiger partial charge in [0.1, 0.15) is 5.82 Å². The van der Waals surface area contributed by atoms with Gasteiger partial charge in [-0.05, 0) is 68.0 Å². The first-order valence-corrected chi connectivity index (χ1v) is 10.8. The van der Waals surface area contributed by atoms with E-state index in [1.165, 1.54) is 0 Å². The number of benzene rings is 1. The van der Waals surface area contributed by atoms with Crippen LogP contribution in [0.3, 0.4) is 0 Å². The molecule has 0 saturated carbocycles. The first-order valence-electron chi connectivity index (χ1n) is 10.8. The molecule has 0 aliphatic heterocycles. The summed E-state index contributed by atoms with van der Waals surface area (Å²) in [5.41, 5.74) is 5.26. The van der Waals surface area contributed by atoms with Gasteiger partial charge in [0, 0.05) is 49.3 Å². The van der Waals surface area contributed by atoms with Crippen molar-refractivity contribution in [3.05, 3.63) is 82.2 Å². The van der Waals surface area contributed by atoms with Crippen molar-refractivity contribution in [2.75, 3.05) is 0 Å². The monoisotopic (exact) mass is 421 g/mol.